The first-order valence-corrected chi connectivity index (χ1v) is 15.2. The van der Waals surface area contributed by atoms with Gasteiger partial charge in [0.15, 0.2) is 24.5 Å². The van der Waals surface area contributed by atoms with Gasteiger partial charge in [0.05, 0.1) is 47.2 Å². The Morgan fingerprint density at radius 1 is 1.13 bits per heavy atom. The molecule has 0 spiro atoms. The predicted octanol–water partition coefficient (Wildman–Crippen LogP) is 1.55. The summed E-state index contributed by atoms with van der Waals surface area (Å²) in [5, 5.41) is 45.1. The lowest BCUT2D eigenvalue weighted by molar-refractivity contribution is -0.248. The third-order valence-electron chi connectivity index (χ3n) is 8.91. The SMILES string of the molecule is CC(=O)[C@]1(O)Cc2c(O)c3c(c(O)c2[C@@H](OC2CC(NS)C(O)C(C)O2)C1)C(=O)c1c(OCC(=O)c2cnccn2)cccc1C3=O. The number of aromatic nitrogens is 2. The van der Waals surface area contributed by atoms with Gasteiger partial charge in [0.2, 0.25) is 11.6 Å². The predicted molar refractivity (Wildman–Crippen MR) is 164 cm³/mol. The standard InChI is InChI=1S/C32H31N3O11S/c1-13-27(38)17(35-47)8-22(45-13)46-21-10-32(43,14(2)36)9-16-24(21)31(42)26-25(29(16)40)28(39)15-4-3-5-20(23(15)30(26)41)44-12-19(37)18-11-33-6-7-34-18/h3-7,11,13,17,21-22,27,35,38,40,42-43,47H,8-10,12H2,1-2H3/t13?,17?,21-,22?,27?,32-/m0/s1. The molecule has 0 bridgehead atoms. The second-order valence-corrected chi connectivity index (χ2v) is 12.1. The van der Waals surface area contributed by atoms with Gasteiger partial charge in [-0.2, -0.15) is 0 Å². The Hall–Kier alpha value is -4.25. The van der Waals surface area contributed by atoms with Crippen molar-refractivity contribution in [1.82, 2.24) is 14.7 Å². The molecule has 1 aliphatic heterocycles. The van der Waals surface area contributed by atoms with Crippen LogP contribution >= 0.6 is 12.8 Å². The minimum Gasteiger partial charge on any atom is -0.507 e. The van der Waals surface area contributed by atoms with Crippen molar-refractivity contribution < 1.29 is 53.8 Å². The molecule has 6 rings (SSSR count). The molecular formula is C32H31N3O11S. The maximum absolute atomic E-state index is 14.1. The molecule has 1 aromatic heterocycles. The number of rotatable bonds is 8. The number of ether oxygens (including phenoxy) is 3. The number of carbonyl (C=O) groups is 4. The lowest BCUT2D eigenvalue weighted by Crippen LogP contribution is -2.52. The molecule has 1 saturated heterocycles. The fourth-order valence-electron chi connectivity index (χ4n) is 6.36. The first kappa shape index (κ1) is 32.7. The molecule has 3 aliphatic rings. The van der Waals surface area contributed by atoms with Crippen LogP contribution in [0.1, 0.15) is 86.3 Å². The zero-order chi connectivity index (χ0) is 33.8. The van der Waals surface area contributed by atoms with Crippen LogP contribution < -0.4 is 9.46 Å². The molecule has 6 atom stereocenters. The molecule has 2 aromatic carbocycles. The van der Waals surface area contributed by atoms with Crippen molar-refractivity contribution in [3.05, 3.63) is 75.9 Å². The first-order chi connectivity index (χ1) is 22.4. The molecule has 0 saturated carbocycles. The van der Waals surface area contributed by atoms with Gasteiger partial charge in [-0.15, -0.1) is 0 Å². The van der Waals surface area contributed by atoms with Gasteiger partial charge in [-0.05, 0) is 19.9 Å². The summed E-state index contributed by atoms with van der Waals surface area (Å²) in [5.41, 5.74) is -3.71. The molecule has 0 amide bonds. The zero-order valence-electron chi connectivity index (χ0n) is 25.2. The third-order valence-corrected chi connectivity index (χ3v) is 9.24. The van der Waals surface area contributed by atoms with E-state index in [0.717, 1.165) is 6.92 Å². The number of hydrogen-bond acceptors (Lipinski definition) is 15. The van der Waals surface area contributed by atoms with Crippen LogP contribution in [0.25, 0.3) is 0 Å². The van der Waals surface area contributed by atoms with Gasteiger partial charge in [-0.1, -0.05) is 24.9 Å². The monoisotopic (exact) mass is 665 g/mol. The number of phenolic OH excluding ortho intramolecular Hbond substituents is 2. The average Bonchev–Trinajstić information content (AvgIpc) is 3.05. The van der Waals surface area contributed by atoms with Gasteiger partial charge < -0.3 is 34.6 Å². The van der Waals surface area contributed by atoms with Crippen LogP contribution in [-0.4, -0.2) is 90.3 Å². The molecule has 47 heavy (non-hydrogen) atoms. The summed E-state index contributed by atoms with van der Waals surface area (Å²) in [6, 6.07) is 3.59. The van der Waals surface area contributed by atoms with Crippen LogP contribution in [0.15, 0.2) is 36.8 Å². The van der Waals surface area contributed by atoms with Crippen LogP contribution in [0.3, 0.4) is 0 Å². The smallest absolute Gasteiger partial charge is 0.220 e. The molecular weight excluding hydrogens is 634 g/mol. The Morgan fingerprint density at radius 3 is 2.55 bits per heavy atom. The van der Waals surface area contributed by atoms with Gasteiger partial charge >= 0.3 is 0 Å². The highest BCUT2D eigenvalue weighted by atomic mass is 32.1. The lowest BCUT2D eigenvalue weighted by Gasteiger charge is -2.42. The molecule has 14 nitrogen and oxygen atoms in total. The Kier molecular flexibility index (Phi) is 8.63. The fraction of sp³-hybridized carbons (Fsp3) is 0.375. The van der Waals surface area contributed by atoms with E-state index >= 15 is 0 Å². The van der Waals surface area contributed by atoms with Gasteiger partial charge in [0.25, 0.3) is 0 Å². The molecule has 4 unspecified atom stereocenters. The highest BCUT2D eigenvalue weighted by Crippen LogP contribution is 2.52. The number of benzene rings is 2. The lowest BCUT2D eigenvalue weighted by atomic mass is 9.72. The van der Waals surface area contributed by atoms with Crippen LogP contribution in [0.4, 0.5) is 0 Å². The van der Waals surface area contributed by atoms with Crippen LogP contribution in [0, 0.1) is 0 Å². The summed E-state index contributed by atoms with van der Waals surface area (Å²) in [6.07, 6.45) is -0.784. The number of aromatic hydroxyl groups is 2. The van der Waals surface area contributed by atoms with E-state index < -0.39 is 95.0 Å². The number of aliphatic hydroxyl groups excluding tert-OH is 1. The summed E-state index contributed by atoms with van der Waals surface area (Å²) in [6.45, 7) is 2.23. The van der Waals surface area contributed by atoms with Crippen LogP contribution in [0.5, 0.6) is 17.2 Å². The average molecular weight is 666 g/mol. The molecule has 5 N–H and O–H groups in total. The molecule has 0 radical (unpaired) electrons. The first-order valence-electron chi connectivity index (χ1n) is 14.7. The summed E-state index contributed by atoms with van der Waals surface area (Å²) in [5.74, 6) is -4.40. The van der Waals surface area contributed by atoms with E-state index in [9.17, 15) is 39.6 Å². The van der Waals surface area contributed by atoms with Crippen molar-refractivity contribution in [1.29, 1.82) is 0 Å². The van der Waals surface area contributed by atoms with Crippen molar-refractivity contribution in [3.63, 3.8) is 0 Å². The zero-order valence-corrected chi connectivity index (χ0v) is 26.1. The quantitative estimate of drug-likeness (QED) is 0.0895. The molecule has 1 fully saturated rings. The summed E-state index contributed by atoms with van der Waals surface area (Å²) in [7, 11) is 0. The van der Waals surface area contributed by atoms with Gasteiger partial charge in [0, 0.05) is 48.3 Å². The van der Waals surface area contributed by atoms with Crippen molar-refractivity contribution in [2.24, 2.45) is 0 Å². The Bertz CT molecular complexity index is 1800. The van der Waals surface area contributed by atoms with Gasteiger partial charge in [0.1, 0.15) is 28.5 Å². The summed E-state index contributed by atoms with van der Waals surface area (Å²) < 4.78 is 20.4. The maximum Gasteiger partial charge on any atom is 0.220 e. The third kappa shape index (κ3) is 5.58. The van der Waals surface area contributed by atoms with Crippen LogP contribution in [0.2, 0.25) is 0 Å². The number of thiol groups is 1. The largest absolute Gasteiger partial charge is 0.507 e. The number of hydrogen-bond donors (Lipinski definition) is 6. The summed E-state index contributed by atoms with van der Waals surface area (Å²) in [4.78, 5) is 61.1. The molecule has 3 aromatic rings. The van der Waals surface area contributed by atoms with Gasteiger partial charge in [-0.25, -0.2) is 4.98 Å². The number of carbonyl (C=O) groups excluding carboxylic acids is 4. The topological polar surface area (TPSA) is 215 Å². The second-order valence-electron chi connectivity index (χ2n) is 11.8. The molecule has 2 heterocycles. The van der Waals surface area contributed by atoms with E-state index in [2.05, 4.69) is 27.5 Å². The number of fused-ring (bicyclic) bond motifs is 3. The van der Waals surface area contributed by atoms with E-state index in [1.165, 1.54) is 36.8 Å². The molecule has 15 heteroatoms. The summed E-state index contributed by atoms with van der Waals surface area (Å²) >= 11 is 4.06. The van der Waals surface area contributed by atoms with Gasteiger partial charge in [-0.3, -0.25) is 28.9 Å². The maximum atomic E-state index is 14.1. The van der Waals surface area contributed by atoms with Crippen LogP contribution in [-0.2, 0) is 20.7 Å². The minimum atomic E-state index is -2.06. The van der Waals surface area contributed by atoms with Crippen molar-refractivity contribution in [2.75, 3.05) is 6.61 Å². The second kappa shape index (κ2) is 12.4. The van der Waals surface area contributed by atoms with E-state index in [0.29, 0.717) is 0 Å². The van der Waals surface area contributed by atoms with E-state index in [1.54, 1.807) is 6.92 Å². The minimum absolute atomic E-state index is 0.0260. The fourth-order valence-corrected chi connectivity index (χ4v) is 6.62. The Balaban J connectivity index is 1.42. The highest BCUT2D eigenvalue weighted by molar-refractivity contribution is 7.78. The Labute approximate surface area is 273 Å². The van der Waals surface area contributed by atoms with E-state index in [1.807, 2.05) is 0 Å². The van der Waals surface area contributed by atoms with E-state index in [4.69, 9.17) is 14.2 Å². The highest BCUT2D eigenvalue weighted by Gasteiger charge is 2.49. The number of phenols is 2. The van der Waals surface area contributed by atoms with E-state index in [-0.39, 0.29) is 46.5 Å². The van der Waals surface area contributed by atoms with Crippen molar-refractivity contribution >= 4 is 35.9 Å². The Morgan fingerprint density at radius 2 is 1.87 bits per heavy atom. The van der Waals surface area contributed by atoms with Crippen molar-refractivity contribution in [3.8, 4) is 17.2 Å². The number of nitrogens with one attached hydrogen (secondary N) is 1. The number of nitrogens with zero attached hydrogens (tertiary/aromatic N) is 2. The normalized spacial score (nSPS) is 26.6. The van der Waals surface area contributed by atoms with Crippen molar-refractivity contribution in [2.45, 2.75) is 69.4 Å². The molecule has 246 valence electrons. The number of aliphatic hydroxyl groups is 2. The molecule has 2 aliphatic carbocycles. The number of ketones is 4. The number of Topliss-reactive ketones (excluding diaryl/α,β-unsaturated/α-hetero) is 2.